The second-order valence-corrected chi connectivity index (χ2v) is 5.62. The Hall–Kier alpha value is -1.88. The highest BCUT2D eigenvalue weighted by atomic mass is 32.2. The lowest BCUT2D eigenvalue weighted by molar-refractivity contribution is -0.131. The Morgan fingerprint density at radius 2 is 1.71 bits per heavy atom. The van der Waals surface area contributed by atoms with Crippen molar-refractivity contribution in [3.05, 3.63) is 52.4 Å². The molecule has 1 aromatic rings. The molecule has 0 bridgehead atoms. The molecular formula is C12H10O4S. The summed E-state index contributed by atoms with van der Waals surface area (Å²) in [5.74, 6) is -1.43. The second-order valence-electron chi connectivity index (χ2n) is 3.74. The van der Waals surface area contributed by atoms with E-state index in [1.54, 1.807) is 24.3 Å². The summed E-state index contributed by atoms with van der Waals surface area (Å²) >= 11 is 0. The highest BCUT2D eigenvalue weighted by Gasteiger charge is 2.33. The molecule has 0 aliphatic carbocycles. The number of aliphatic carboxylic acids is 1. The Labute approximate surface area is 98.8 Å². The first-order valence-corrected chi connectivity index (χ1v) is 6.38. The van der Waals surface area contributed by atoms with E-state index in [0.717, 1.165) is 11.6 Å². The van der Waals surface area contributed by atoms with Crippen molar-refractivity contribution in [3.63, 3.8) is 0 Å². The zero-order valence-electron chi connectivity index (χ0n) is 9.04. The number of benzene rings is 1. The van der Waals surface area contributed by atoms with Crippen molar-refractivity contribution in [1.82, 2.24) is 0 Å². The molecule has 0 unspecified atom stereocenters. The second kappa shape index (κ2) is 3.85. The van der Waals surface area contributed by atoms with Gasteiger partial charge < -0.3 is 5.11 Å². The fraction of sp³-hybridized carbons (Fsp3) is 0.0833. The number of carboxylic acid groups (broad SMARTS) is 1. The Bertz CT molecular complexity index is 634. The molecule has 0 saturated carbocycles. The molecule has 0 fully saturated rings. The molecule has 1 aromatic carbocycles. The number of aryl methyl sites for hydroxylation is 1. The summed E-state index contributed by atoms with van der Waals surface area (Å²) < 4.78 is 23.8. The largest absolute Gasteiger partial charge is 0.477 e. The van der Waals surface area contributed by atoms with Crippen molar-refractivity contribution in [2.24, 2.45) is 0 Å². The van der Waals surface area contributed by atoms with E-state index in [2.05, 4.69) is 0 Å². The fourth-order valence-electron chi connectivity index (χ4n) is 1.60. The predicted molar refractivity (Wildman–Crippen MR) is 63.8 cm³/mol. The van der Waals surface area contributed by atoms with Crippen LogP contribution in [0.2, 0.25) is 0 Å². The Kier molecular flexibility index (Phi) is 2.63. The van der Waals surface area contributed by atoms with Crippen LogP contribution in [0.1, 0.15) is 11.1 Å². The Morgan fingerprint density at radius 3 is 2.18 bits per heavy atom. The quantitative estimate of drug-likeness (QED) is 0.867. The maximum absolute atomic E-state index is 11.9. The van der Waals surface area contributed by atoms with Crippen molar-refractivity contribution >= 4 is 20.7 Å². The molecule has 88 valence electrons. The predicted octanol–water partition coefficient (Wildman–Crippen LogP) is 1.73. The normalized spacial score (nSPS) is 17.5. The molecule has 0 amide bonds. The van der Waals surface area contributed by atoms with Gasteiger partial charge in [0.15, 0.2) is 4.91 Å². The summed E-state index contributed by atoms with van der Waals surface area (Å²) in [6.45, 7) is 1.89. The Balaban J connectivity index is 2.46. The van der Waals surface area contributed by atoms with Gasteiger partial charge in [0.05, 0.1) is 4.91 Å². The third-order valence-corrected chi connectivity index (χ3v) is 4.35. The number of hydrogen-bond donors (Lipinski definition) is 1. The van der Waals surface area contributed by atoms with Crippen LogP contribution in [-0.4, -0.2) is 19.5 Å². The van der Waals surface area contributed by atoms with Gasteiger partial charge in [0.2, 0.25) is 9.84 Å². The number of allylic oxidation sites excluding steroid dienone is 2. The van der Waals surface area contributed by atoms with E-state index >= 15 is 0 Å². The van der Waals surface area contributed by atoms with Gasteiger partial charge in [-0.15, -0.1) is 0 Å². The molecule has 1 heterocycles. The van der Waals surface area contributed by atoms with Crippen LogP contribution in [0.25, 0.3) is 4.91 Å². The summed E-state index contributed by atoms with van der Waals surface area (Å²) in [7, 11) is -3.87. The van der Waals surface area contributed by atoms with Crippen molar-refractivity contribution in [2.45, 2.75) is 6.92 Å². The number of rotatable bonds is 2. The highest BCUT2D eigenvalue weighted by Crippen LogP contribution is 2.32. The fourth-order valence-corrected chi connectivity index (χ4v) is 3.01. The Morgan fingerprint density at radius 1 is 1.12 bits per heavy atom. The maximum Gasteiger partial charge on any atom is 0.347 e. The number of sulfone groups is 1. The van der Waals surface area contributed by atoms with E-state index in [0.29, 0.717) is 5.56 Å². The van der Waals surface area contributed by atoms with Gasteiger partial charge in [0.25, 0.3) is 0 Å². The first-order chi connectivity index (χ1) is 7.93. The summed E-state index contributed by atoms with van der Waals surface area (Å²) in [5.41, 5.74) is 1.51. The molecule has 0 spiro atoms. The van der Waals surface area contributed by atoms with E-state index in [1.165, 1.54) is 6.08 Å². The van der Waals surface area contributed by atoms with Crippen molar-refractivity contribution in [3.8, 4) is 0 Å². The molecule has 1 aliphatic rings. The molecule has 17 heavy (non-hydrogen) atoms. The van der Waals surface area contributed by atoms with Crippen LogP contribution in [0.5, 0.6) is 0 Å². The number of hydrogen-bond acceptors (Lipinski definition) is 3. The van der Waals surface area contributed by atoms with E-state index in [9.17, 15) is 13.2 Å². The van der Waals surface area contributed by atoms with Gasteiger partial charge >= 0.3 is 5.97 Å². The van der Waals surface area contributed by atoms with Crippen LogP contribution in [-0.2, 0) is 14.6 Å². The SMILES string of the molecule is Cc1ccc(C2=CC=C(C(=O)O)S2(=O)=O)cc1. The number of carboxylic acids is 1. The molecule has 1 N–H and O–H groups in total. The zero-order valence-corrected chi connectivity index (χ0v) is 9.86. The van der Waals surface area contributed by atoms with Crippen LogP contribution in [0.3, 0.4) is 0 Å². The lowest BCUT2D eigenvalue weighted by Crippen LogP contribution is -2.10. The van der Waals surface area contributed by atoms with E-state index in [1.807, 2.05) is 6.92 Å². The van der Waals surface area contributed by atoms with Gasteiger partial charge in [-0.25, -0.2) is 13.2 Å². The first-order valence-electron chi connectivity index (χ1n) is 4.90. The molecular weight excluding hydrogens is 240 g/mol. The van der Waals surface area contributed by atoms with E-state index in [-0.39, 0.29) is 4.91 Å². The average molecular weight is 250 g/mol. The summed E-state index contributed by atoms with van der Waals surface area (Å²) in [6, 6.07) is 6.89. The minimum Gasteiger partial charge on any atom is -0.477 e. The standard InChI is InChI=1S/C12H10O4S/c1-8-2-4-9(5-3-8)10-6-7-11(12(13)14)17(10,15)16/h2-7H,1H3,(H,13,14). The van der Waals surface area contributed by atoms with Crippen LogP contribution in [0.4, 0.5) is 0 Å². The van der Waals surface area contributed by atoms with Crippen molar-refractivity contribution < 1.29 is 18.3 Å². The van der Waals surface area contributed by atoms with Crippen LogP contribution >= 0.6 is 0 Å². The van der Waals surface area contributed by atoms with E-state index in [4.69, 9.17) is 5.11 Å². The monoisotopic (exact) mass is 250 g/mol. The van der Waals surface area contributed by atoms with Gasteiger partial charge in [-0.1, -0.05) is 29.8 Å². The lowest BCUT2D eigenvalue weighted by Gasteiger charge is -2.05. The molecule has 0 radical (unpaired) electrons. The van der Waals surface area contributed by atoms with Gasteiger partial charge in [-0.3, -0.25) is 0 Å². The molecule has 5 heteroatoms. The minimum atomic E-state index is -3.87. The summed E-state index contributed by atoms with van der Waals surface area (Å²) in [4.78, 5) is 10.2. The van der Waals surface area contributed by atoms with Crippen molar-refractivity contribution in [1.29, 1.82) is 0 Å². The molecule has 0 atom stereocenters. The van der Waals surface area contributed by atoms with E-state index < -0.39 is 20.7 Å². The third kappa shape index (κ3) is 1.89. The number of carbonyl (C=O) groups is 1. The van der Waals surface area contributed by atoms with Gasteiger partial charge in [0, 0.05) is 0 Å². The van der Waals surface area contributed by atoms with Crippen LogP contribution < -0.4 is 0 Å². The summed E-state index contributed by atoms with van der Waals surface area (Å²) in [6.07, 6.45) is 2.44. The van der Waals surface area contributed by atoms with Gasteiger partial charge in [0.1, 0.15) is 0 Å². The first kappa shape index (κ1) is 11.6. The molecule has 0 aromatic heterocycles. The lowest BCUT2D eigenvalue weighted by atomic mass is 10.1. The zero-order chi connectivity index (χ0) is 12.6. The van der Waals surface area contributed by atoms with Crippen LogP contribution in [0.15, 0.2) is 41.3 Å². The average Bonchev–Trinajstić information content (AvgIpc) is 2.55. The molecule has 1 aliphatic heterocycles. The molecule has 2 rings (SSSR count). The van der Waals surface area contributed by atoms with Gasteiger partial charge in [-0.2, -0.15) is 0 Å². The van der Waals surface area contributed by atoms with Crippen molar-refractivity contribution in [2.75, 3.05) is 0 Å². The third-order valence-electron chi connectivity index (χ3n) is 2.51. The molecule has 0 saturated heterocycles. The topological polar surface area (TPSA) is 71.4 Å². The molecule has 4 nitrogen and oxygen atoms in total. The smallest absolute Gasteiger partial charge is 0.347 e. The summed E-state index contributed by atoms with van der Waals surface area (Å²) in [5, 5.41) is 8.78. The minimum absolute atomic E-state index is 0.0369. The maximum atomic E-state index is 11.9. The van der Waals surface area contributed by atoms with Crippen LogP contribution in [0, 0.1) is 6.92 Å². The highest BCUT2D eigenvalue weighted by molar-refractivity contribution is 8.05. The van der Waals surface area contributed by atoms with Gasteiger partial charge in [-0.05, 0) is 24.6 Å².